The van der Waals surface area contributed by atoms with Crippen molar-refractivity contribution in [3.8, 4) is 0 Å². The normalized spacial score (nSPS) is 18.1. The molecule has 4 heteroatoms. The van der Waals surface area contributed by atoms with E-state index in [1.807, 2.05) is 30.1 Å². The second-order valence-electron chi connectivity index (χ2n) is 5.58. The number of thioether (sulfide) groups is 1. The Morgan fingerprint density at radius 1 is 1.20 bits per heavy atom. The number of rotatable bonds is 4. The number of hydrogen-bond acceptors (Lipinski definition) is 4. The van der Waals surface area contributed by atoms with Crippen molar-refractivity contribution in [2.75, 3.05) is 18.1 Å². The highest BCUT2D eigenvalue weighted by molar-refractivity contribution is 8.00. The van der Waals surface area contributed by atoms with Gasteiger partial charge in [0.2, 0.25) is 0 Å². The summed E-state index contributed by atoms with van der Waals surface area (Å²) in [7, 11) is 0. The molecule has 1 N–H and O–H groups in total. The number of anilines is 1. The van der Waals surface area contributed by atoms with Gasteiger partial charge < -0.3 is 5.32 Å². The molecule has 0 saturated heterocycles. The first-order chi connectivity index (χ1) is 9.83. The minimum Gasteiger partial charge on any atom is -0.382 e. The Labute approximate surface area is 124 Å². The van der Waals surface area contributed by atoms with Gasteiger partial charge in [0.05, 0.1) is 17.4 Å². The summed E-state index contributed by atoms with van der Waals surface area (Å²) in [5.74, 6) is 0. The smallest absolute Gasteiger partial charge is 0.0950 e. The van der Waals surface area contributed by atoms with Crippen LogP contribution >= 0.6 is 11.8 Å². The van der Waals surface area contributed by atoms with E-state index in [1.165, 1.54) is 32.1 Å². The van der Waals surface area contributed by atoms with Crippen LogP contribution in [0.3, 0.4) is 0 Å². The van der Waals surface area contributed by atoms with E-state index < -0.39 is 0 Å². The molecule has 3 nitrogen and oxygen atoms in total. The van der Waals surface area contributed by atoms with E-state index in [9.17, 15) is 0 Å². The molecule has 2 aromatic rings. The molecule has 1 heterocycles. The molecular formula is C16H21N3S. The third-order valence-electron chi connectivity index (χ3n) is 4.35. The first-order valence-corrected chi connectivity index (χ1v) is 8.55. The Balaban J connectivity index is 1.79. The van der Waals surface area contributed by atoms with Crippen molar-refractivity contribution in [3.63, 3.8) is 0 Å². The molecule has 1 aliphatic carbocycles. The van der Waals surface area contributed by atoms with E-state index in [0.717, 1.165) is 23.1 Å². The lowest BCUT2D eigenvalue weighted by Gasteiger charge is -2.36. The molecule has 0 aliphatic heterocycles. The van der Waals surface area contributed by atoms with Gasteiger partial charge >= 0.3 is 0 Å². The molecule has 0 atom stereocenters. The van der Waals surface area contributed by atoms with Crippen molar-refractivity contribution in [1.29, 1.82) is 0 Å². The third kappa shape index (κ3) is 2.75. The summed E-state index contributed by atoms with van der Waals surface area (Å²) in [6.07, 6.45) is 10.8. The lowest BCUT2D eigenvalue weighted by atomic mass is 9.88. The number of nitrogens with one attached hydrogen (secondary N) is 1. The molecule has 3 rings (SSSR count). The predicted octanol–water partition coefficient (Wildman–Crippen LogP) is 4.11. The Hall–Kier alpha value is -1.29. The quantitative estimate of drug-likeness (QED) is 0.918. The van der Waals surface area contributed by atoms with E-state index in [1.54, 1.807) is 0 Å². The SMILES string of the molecule is CSC1(CNc2cnnc3ccccc23)CCCCC1. The molecule has 106 valence electrons. The fraction of sp³-hybridized carbons (Fsp3) is 0.500. The largest absolute Gasteiger partial charge is 0.382 e. The first-order valence-electron chi connectivity index (χ1n) is 7.32. The summed E-state index contributed by atoms with van der Waals surface area (Å²) in [5.41, 5.74) is 2.06. The Bertz CT molecular complexity index is 573. The van der Waals surface area contributed by atoms with Gasteiger partial charge in [-0.2, -0.15) is 22.0 Å². The fourth-order valence-electron chi connectivity index (χ4n) is 3.05. The number of nitrogens with zero attached hydrogens (tertiary/aromatic N) is 2. The molecule has 1 aromatic heterocycles. The van der Waals surface area contributed by atoms with Crippen LogP contribution in [0.5, 0.6) is 0 Å². The van der Waals surface area contributed by atoms with Gasteiger partial charge in [-0.15, -0.1) is 0 Å². The van der Waals surface area contributed by atoms with Crippen LogP contribution in [-0.2, 0) is 0 Å². The van der Waals surface area contributed by atoms with Crippen molar-refractivity contribution in [2.45, 2.75) is 36.9 Å². The Morgan fingerprint density at radius 3 is 2.80 bits per heavy atom. The minimum atomic E-state index is 0.391. The minimum absolute atomic E-state index is 0.391. The topological polar surface area (TPSA) is 37.8 Å². The third-order valence-corrected chi connectivity index (χ3v) is 5.76. The molecule has 20 heavy (non-hydrogen) atoms. The van der Waals surface area contributed by atoms with Crippen LogP contribution in [-0.4, -0.2) is 27.7 Å². The van der Waals surface area contributed by atoms with Gasteiger partial charge in [-0.1, -0.05) is 37.5 Å². The van der Waals surface area contributed by atoms with E-state index >= 15 is 0 Å². The molecule has 0 amide bonds. The zero-order chi connectivity index (χ0) is 13.8. The van der Waals surface area contributed by atoms with Gasteiger partial charge in [0.1, 0.15) is 0 Å². The average molecular weight is 287 g/mol. The number of benzene rings is 1. The molecule has 1 saturated carbocycles. The van der Waals surface area contributed by atoms with Crippen molar-refractivity contribution >= 4 is 28.4 Å². The molecule has 1 aromatic carbocycles. The van der Waals surface area contributed by atoms with E-state index in [2.05, 4.69) is 33.9 Å². The molecule has 0 spiro atoms. The van der Waals surface area contributed by atoms with E-state index in [4.69, 9.17) is 0 Å². The van der Waals surface area contributed by atoms with Crippen LogP contribution in [0.2, 0.25) is 0 Å². The van der Waals surface area contributed by atoms with Crippen LogP contribution in [0.25, 0.3) is 10.9 Å². The van der Waals surface area contributed by atoms with Crippen LogP contribution in [0, 0.1) is 0 Å². The standard InChI is InChI=1S/C16H21N3S/c1-20-16(9-5-2-6-10-16)12-17-15-11-18-19-14-8-4-3-7-13(14)15/h3-4,7-8,11H,2,5-6,9-10,12H2,1H3,(H,17,19). The highest BCUT2D eigenvalue weighted by atomic mass is 32.2. The zero-order valence-corrected chi connectivity index (χ0v) is 12.7. The summed E-state index contributed by atoms with van der Waals surface area (Å²) < 4.78 is 0.391. The second kappa shape index (κ2) is 6.00. The Morgan fingerprint density at radius 2 is 2.00 bits per heavy atom. The zero-order valence-electron chi connectivity index (χ0n) is 11.9. The van der Waals surface area contributed by atoms with Gasteiger partial charge in [0.15, 0.2) is 0 Å². The number of aromatic nitrogens is 2. The first kappa shape index (κ1) is 13.7. The van der Waals surface area contributed by atoms with Crippen molar-refractivity contribution in [1.82, 2.24) is 10.2 Å². The molecule has 0 bridgehead atoms. The Kier molecular flexibility index (Phi) is 4.10. The highest BCUT2D eigenvalue weighted by Crippen LogP contribution is 2.38. The second-order valence-corrected chi connectivity index (χ2v) is 6.85. The van der Waals surface area contributed by atoms with Crippen molar-refractivity contribution in [2.24, 2.45) is 0 Å². The van der Waals surface area contributed by atoms with Crippen LogP contribution in [0.4, 0.5) is 5.69 Å². The van der Waals surface area contributed by atoms with Crippen LogP contribution in [0.15, 0.2) is 30.5 Å². The van der Waals surface area contributed by atoms with Crippen LogP contribution < -0.4 is 5.32 Å². The predicted molar refractivity (Wildman–Crippen MR) is 87.4 cm³/mol. The van der Waals surface area contributed by atoms with E-state index in [0.29, 0.717) is 4.75 Å². The average Bonchev–Trinajstić information content (AvgIpc) is 2.54. The molecule has 0 radical (unpaired) electrons. The summed E-state index contributed by atoms with van der Waals surface area (Å²) in [6.45, 7) is 1.02. The summed E-state index contributed by atoms with van der Waals surface area (Å²) >= 11 is 2.02. The highest BCUT2D eigenvalue weighted by Gasteiger charge is 2.30. The molecule has 1 aliphatic rings. The lowest BCUT2D eigenvalue weighted by molar-refractivity contribution is 0.411. The van der Waals surface area contributed by atoms with Gasteiger partial charge in [0.25, 0.3) is 0 Å². The maximum Gasteiger partial charge on any atom is 0.0950 e. The molecular weight excluding hydrogens is 266 g/mol. The monoisotopic (exact) mass is 287 g/mol. The van der Waals surface area contributed by atoms with Gasteiger partial charge in [-0.25, -0.2) is 0 Å². The van der Waals surface area contributed by atoms with E-state index in [-0.39, 0.29) is 0 Å². The number of fused-ring (bicyclic) bond motifs is 1. The van der Waals surface area contributed by atoms with Crippen LogP contribution in [0.1, 0.15) is 32.1 Å². The lowest BCUT2D eigenvalue weighted by Crippen LogP contribution is -2.35. The maximum atomic E-state index is 4.18. The molecule has 1 fully saturated rings. The van der Waals surface area contributed by atoms with Gasteiger partial charge in [-0.3, -0.25) is 0 Å². The number of hydrogen-bond donors (Lipinski definition) is 1. The van der Waals surface area contributed by atoms with Crippen molar-refractivity contribution < 1.29 is 0 Å². The van der Waals surface area contributed by atoms with Gasteiger partial charge in [0, 0.05) is 16.7 Å². The summed E-state index contributed by atoms with van der Waals surface area (Å²) in [5, 5.41) is 13.1. The van der Waals surface area contributed by atoms with Crippen molar-refractivity contribution in [3.05, 3.63) is 30.5 Å². The summed E-state index contributed by atoms with van der Waals surface area (Å²) in [6, 6.07) is 8.18. The fourth-order valence-corrected chi connectivity index (χ4v) is 3.97. The van der Waals surface area contributed by atoms with Gasteiger partial charge in [-0.05, 0) is 25.2 Å². The molecule has 0 unspecified atom stereocenters. The maximum absolute atomic E-state index is 4.18. The summed E-state index contributed by atoms with van der Waals surface area (Å²) in [4.78, 5) is 0.